The second-order valence-electron chi connectivity index (χ2n) is 4.85. The average molecular weight is 332 g/mol. The third kappa shape index (κ3) is 3.24. The molecule has 3 rings (SSSR count). The summed E-state index contributed by atoms with van der Waals surface area (Å²) in [7, 11) is 3.09. The van der Waals surface area contributed by atoms with Crippen LogP contribution in [0.5, 0.6) is 11.5 Å². The predicted molar refractivity (Wildman–Crippen MR) is 88.7 cm³/mol. The van der Waals surface area contributed by atoms with Crippen LogP contribution in [0.15, 0.2) is 46.9 Å². The predicted octanol–water partition coefficient (Wildman–Crippen LogP) is 4.36. The number of ether oxygens (including phenoxy) is 2. The van der Waals surface area contributed by atoms with Crippen molar-refractivity contribution < 1.29 is 18.7 Å². The normalized spacial score (nSPS) is 10.6. The molecule has 0 aliphatic carbocycles. The maximum atomic E-state index is 12.3. The van der Waals surface area contributed by atoms with Crippen molar-refractivity contribution in [2.75, 3.05) is 19.5 Å². The van der Waals surface area contributed by atoms with Crippen molar-refractivity contribution in [2.24, 2.45) is 0 Å². The smallest absolute Gasteiger partial charge is 0.291 e. The van der Waals surface area contributed by atoms with Crippen LogP contribution in [-0.4, -0.2) is 20.1 Å². The molecule has 1 N–H and O–H groups in total. The molecule has 1 aromatic heterocycles. The summed E-state index contributed by atoms with van der Waals surface area (Å²) in [5, 5.41) is 4.11. The zero-order valence-electron chi connectivity index (χ0n) is 12.6. The Bertz CT molecular complexity index is 850. The monoisotopic (exact) mass is 331 g/mol. The summed E-state index contributed by atoms with van der Waals surface area (Å²) < 4.78 is 15.9. The van der Waals surface area contributed by atoms with Gasteiger partial charge in [-0.15, -0.1) is 0 Å². The van der Waals surface area contributed by atoms with Crippen molar-refractivity contribution in [2.45, 2.75) is 0 Å². The molecular formula is C17H14ClNO4. The van der Waals surface area contributed by atoms with Gasteiger partial charge in [0, 0.05) is 34.3 Å². The molecule has 6 heteroatoms. The fourth-order valence-electron chi connectivity index (χ4n) is 2.20. The topological polar surface area (TPSA) is 60.7 Å². The lowest BCUT2D eigenvalue weighted by molar-refractivity contribution is 0.0998. The molecule has 0 aliphatic rings. The second kappa shape index (κ2) is 6.22. The maximum Gasteiger partial charge on any atom is 0.291 e. The van der Waals surface area contributed by atoms with Crippen LogP contribution < -0.4 is 14.8 Å². The standard InChI is InChI=1S/C17H14ClNO4/c1-21-13-7-12(8-14(9-13)22-2)19-17(20)16-6-10-5-11(18)3-4-15(10)23-16/h3-9H,1-2H3,(H,19,20). The number of amides is 1. The van der Waals surface area contributed by atoms with E-state index in [1.807, 2.05) is 0 Å². The molecule has 118 valence electrons. The number of methoxy groups -OCH3 is 2. The first-order valence-corrected chi connectivity index (χ1v) is 7.20. The van der Waals surface area contributed by atoms with Gasteiger partial charge in [0.05, 0.1) is 14.2 Å². The zero-order valence-corrected chi connectivity index (χ0v) is 13.3. The number of furan rings is 1. The minimum absolute atomic E-state index is 0.198. The number of nitrogens with one attached hydrogen (secondary N) is 1. The Balaban J connectivity index is 1.88. The highest BCUT2D eigenvalue weighted by Gasteiger charge is 2.14. The van der Waals surface area contributed by atoms with Gasteiger partial charge in [-0.05, 0) is 24.3 Å². The van der Waals surface area contributed by atoms with Gasteiger partial charge in [-0.2, -0.15) is 0 Å². The van der Waals surface area contributed by atoms with Gasteiger partial charge in [-0.3, -0.25) is 4.79 Å². The number of fused-ring (bicyclic) bond motifs is 1. The van der Waals surface area contributed by atoms with Crippen LogP contribution in [-0.2, 0) is 0 Å². The van der Waals surface area contributed by atoms with Crippen molar-refractivity contribution in [3.63, 3.8) is 0 Å². The number of carbonyl (C=O) groups is 1. The molecule has 1 amide bonds. The third-order valence-corrected chi connectivity index (χ3v) is 3.55. The van der Waals surface area contributed by atoms with Crippen LogP contribution in [0.4, 0.5) is 5.69 Å². The molecule has 0 aliphatic heterocycles. The Kier molecular flexibility index (Phi) is 4.12. The van der Waals surface area contributed by atoms with Crippen molar-refractivity contribution in [1.82, 2.24) is 0 Å². The number of benzene rings is 2. The Hall–Kier alpha value is -2.66. The van der Waals surface area contributed by atoms with E-state index in [9.17, 15) is 4.79 Å². The summed E-state index contributed by atoms with van der Waals surface area (Å²) in [6, 6.07) is 11.9. The van der Waals surface area contributed by atoms with Crippen molar-refractivity contribution in [3.8, 4) is 11.5 Å². The first kappa shape index (κ1) is 15.2. The van der Waals surface area contributed by atoms with E-state index >= 15 is 0 Å². The van der Waals surface area contributed by atoms with Crippen LogP contribution in [0.1, 0.15) is 10.6 Å². The molecule has 0 atom stereocenters. The molecule has 1 heterocycles. The molecule has 0 bridgehead atoms. The number of anilines is 1. The highest BCUT2D eigenvalue weighted by Crippen LogP contribution is 2.27. The summed E-state index contributed by atoms with van der Waals surface area (Å²) in [5.41, 5.74) is 1.15. The minimum Gasteiger partial charge on any atom is -0.497 e. The van der Waals surface area contributed by atoms with Crippen molar-refractivity contribution in [3.05, 3.63) is 53.2 Å². The second-order valence-corrected chi connectivity index (χ2v) is 5.28. The number of carbonyl (C=O) groups excluding carboxylic acids is 1. The van der Waals surface area contributed by atoms with Gasteiger partial charge in [0.1, 0.15) is 17.1 Å². The molecule has 2 aromatic carbocycles. The highest BCUT2D eigenvalue weighted by atomic mass is 35.5. The zero-order chi connectivity index (χ0) is 16.4. The molecule has 0 saturated heterocycles. The summed E-state index contributed by atoms with van der Waals surface area (Å²) in [6.45, 7) is 0. The van der Waals surface area contributed by atoms with Crippen molar-refractivity contribution >= 4 is 34.2 Å². The van der Waals surface area contributed by atoms with E-state index in [0.29, 0.717) is 27.8 Å². The minimum atomic E-state index is -0.368. The Morgan fingerprint density at radius 3 is 2.39 bits per heavy atom. The lowest BCUT2D eigenvalue weighted by Gasteiger charge is -2.08. The third-order valence-electron chi connectivity index (χ3n) is 3.31. The van der Waals surface area contributed by atoms with Gasteiger partial charge in [0.15, 0.2) is 5.76 Å². The van der Waals surface area contributed by atoms with Gasteiger partial charge in [-0.25, -0.2) is 0 Å². The van der Waals surface area contributed by atoms with Gasteiger partial charge in [0.2, 0.25) is 0 Å². The number of halogens is 1. The molecule has 0 saturated carbocycles. The van der Waals surface area contributed by atoms with E-state index in [2.05, 4.69) is 5.32 Å². The van der Waals surface area contributed by atoms with Crippen LogP contribution in [0.2, 0.25) is 5.02 Å². The van der Waals surface area contributed by atoms with Gasteiger partial charge in [0.25, 0.3) is 5.91 Å². The average Bonchev–Trinajstić information content (AvgIpc) is 2.97. The largest absolute Gasteiger partial charge is 0.497 e. The number of rotatable bonds is 4. The Morgan fingerprint density at radius 2 is 1.74 bits per heavy atom. The van der Waals surface area contributed by atoms with Gasteiger partial charge < -0.3 is 19.2 Å². The molecule has 5 nitrogen and oxygen atoms in total. The molecule has 0 radical (unpaired) electrons. The van der Waals surface area contributed by atoms with Crippen molar-refractivity contribution in [1.29, 1.82) is 0 Å². The van der Waals surface area contributed by atoms with E-state index in [4.69, 9.17) is 25.5 Å². The lowest BCUT2D eigenvalue weighted by Crippen LogP contribution is -2.11. The fourth-order valence-corrected chi connectivity index (χ4v) is 2.38. The summed E-state index contributed by atoms with van der Waals surface area (Å²) >= 11 is 5.93. The van der Waals surface area contributed by atoms with Gasteiger partial charge >= 0.3 is 0 Å². The first-order chi connectivity index (χ1) is 11.1. The van der Waals surface area contributed by atoms with E-state index in [1.54, 1.807) is 56.7 Å². The quantitative estimate of drug-likeness (QED) is 0.771. The van der Waals surface area contributed by atoms with Crippen LogP contribution in [0.25, 0.3) is 11.0 Å². The molecule has 0 unspecified atom stereocenters. The summed E-state index contributed by atoms with van der Waals surface area (Å²) in [6.07, 6.45) is 0. The molecule has 3 aromatic rings. The maximum absolute atomic E-state index is 12.3. The Morgan fingerprint density at radius 1 is 1.04 bits per heavy atom. The molecular weight excluding hydrogens is 318 g/mol. The fraction of sp³-hybridized carbons (Fsp3) is 0.118. The SMILES string of the molecule is COc1cc(NC(=O)c2cc3cc(Cl)ccc3o2)cc(OC)c1. The van der Waals surface area contributed by atoms with E-state index in [-0.39, 0.29) is 11.7 Å². The van der Waals surface area contributed by atoms with Crippen LogP contribution in [0.3, 0.4) is 0 Å². The van der Waals surface area contributed by atoms with E-state index < -0.39 is 0 Å². The Labute approximate surface area is 137 Å². The molecule has 23 heavy (non-hydrogen) atoms. The van der Waals surface area contributed by atoms with Crippen LogP contribution in [0, 0.1) is 0 Å². The van der Waals surface area contributed by atoms with E-state index in [1.165, 1.54) is 0 Å². The molecule has 0 fully saturated rings. The van der Waals surface area contributed by atoms with Gasteiger partial charge in [-0.1, -0.05) is 11.6 Å². The first-order valence-electron chi connectivity index (χ1n) is 6.82. The highest BCUT2D eigenvalue weighted by molar-refractivity contribution is 6.31. The molecule has 0 spiro atoms. The summed E-state index contributed by atoms with van der Waals surface area (Å²) in [4.78, 5) is 12.3. The number of hydrogen-bond donors (Lipinski definition) is 1. The lowest BCUT2D eigenvalue weighted by atomic mass is 10.2. The summed E-state index contributed by atoms with van der Waals surface area (Å²) in [5.74, 6) is 0.990. The van der Waals surface area contributed by atoms with Crippen LogP contribution >= 0.6 is 11.6 Å². The number of hydrogen-bond acceptors (Lipinski definition) is 4. The van der Waals surface area contributed by atoms with E-state index in [0.717, 1.165) is 5.39 Å².